The summed E-state index contributed by atoms with van der Waals surface area (Å²) in [7, 11) is -0.697. The number of ether oxygens (including phenoxy) is 2. The van der Waals surface area contributed by atoms with Gasteiger partial charge in [0.25, 0.3) is 5.91 Å². The minimum absolute atomic E-state index is 0.0713. The normalized spacial score (nSPS) is 17.1. The maximum Gasteiger partial charge on any atom is 0.254 e. The maximum absolute atomic E-state index is 14.3. The zero-order valence-corrected chi connectivity index (χ0v) is 19.4. The molecule has 0 aromatic heterocycles. The average molecular weight is 465 g/mol. The van der Waals surface area contributed by atoms with E-state index in [1.165, 1.54) is 17.5 Å². The molecule has 1 amide bonds. The molecular formula is C23H29FN2O5S. The molecular weight excluding hydrogens is 435 g/mol. The number of amides is 1. The summed E-state index contributed by atoms with van der Waals surface area (Å²) in [6.45, 7) is 3.10. The van der Waals surface area contributed by atoms with Crippen molar-refractivity contribution in [2.24, 2.45) is 5.92 Å². The predicted molar refractivity (Wildman–Crippen MR) is 119 cm³/mol. The highest BCUT2D eigenvalue weighted by Crippen LogP contribution is 2.28. The predicted octanol–water partition coefficient (Wildman–Crippen LogP) is 3.24. The molecule has 1 N–H and O–H groups in total. The van der Waals surface area contributed by atoms with E-state index in [0.717, 1.165) is 30.5 Å². The van der Waals surface area contributed by atoms with E-state index in [0.29, 0.717) is 31.0 Å². The first-order chi connectivity index (χ1) is 15.3. The van der Waals surface area contributed by atoms with E-state index in [4.69, 9.17) is 9.47 Å². The molecule has 0 saturated carbocycles. The van der Waals surface area contributed by atoms with Crippen LogP contribution >= 0.6 is 0 Å². The van der Waals surface area contributed by atoms with Gasteiger partial charge >= 0.3 is 0 Å². The second kappa shape index (κ2) is 10.3. The number of nitrogens with zero attached hydrogens (tertiary/aromatic N) is 1. The van der Waals surface area contributed by atoms with Crippen LogP contribution in [0.3, 0.4) is 0 Å². The average Bonchev–Trinajstić information content (AvgIpc) is 2.79. The minimum Gasteiger partial charge on any atom is -0.493 e. The third-order valence-electron chi connectivity index (χ3n) is 5.59. The van der Waals surface area contributed by atoms with Crippen LogP contribution in [0.4, 0.5) is 4.39 Å². The van der Waals surface area contributed by atoms with Gasteiger partial charge in [-0.3, -0.25) is 4.79 Å². The SMILES string of the molecule is COc1ccc(CCNC(=O)c2cc(S(=O)(=O)N3CCCC(C)C3)ccc2F)cc1OC. The van der Waals surface area contributed by atoms with Crippen molar-refractivity contribution in [1.82, 2.24) is 9.62 Å². The van der Waals surface area contributed by atoms with E-state index in [9.17, 15) is 17.6 Å². The Morgan fingerprint density at radius 1 is 1.16 bits per heavy atom. The molecule has 1 unspecified atom stereocenters. The third-order valence-corrected chi connectivity index (χ3v) is 7.45. The van der Waals surface area contributed by atoms with E-state index < -0.39 is 21.7 Å². The first kappa shape index (κ1) is 24.0. The van der Waals surface area contributed by atoms with E-state index in [1.54, 1.807) is 19.2 Å². The van der Waals surface area contributed by atoms with Crippen LogP contribution in [0.15, 0.2) is 41.3 Å². The van der Waals surface area contributed by atoms with Crippen LogP contribution in [0.5, 0.6) is 11.5 Å². The lowest BCUT2D eigenvalue weighted by Gasteiger charge is -2.30. The molecule has 1 heterocycles. The molecule has 1 aliphatic heterocycles. The molecule has 9 heteroatoms. The first-order valence-electron chi connectivity index (χ1n) is 10.5. The third kappa shape index (κ3) is 5.39. The summed E-state index contributed by atoms with van der Waals surface area (Å²) in [6.07, 6.45) is 2.24. The Kier molecular flexibility index (Phi) is 7.73. The van der Waals surface area contributed by atoms with Gasteiger partial charge in [0.1, 0.15) is 5.82 Å². The van der Waals surface area contributed by atoms with Crippen LogP contribution in [-0.2, 0) is 16.4 Å². The van der Waals surface area contributed by atoms with E-state index >= 15 is 0 Å². The molecule has 1 atom stereocenters. The van der Waals surface area contributed by atoms with Gasteiger partial charge in [-0.25, -0.2) is 12.8 Å². The van der Waals surface area contributed by atoms with Crippen molar-refractivity contribution in [3.05, 3.63) is 53.3 Å². The summed E-state index contributed by atoms with van der Waals surface area (Å²) in [5, 5.41) is 2.66. The van der Waals surface area contributed by atoms with Crippen molar-refractivity contribution in [2.45, 2.75) is 31.1 Å². The van der Waals surface area contributed by atoms with E-state index in [-0.39, 0.29) is 22.9 Å². The summed E-state index contributed by atoms with van der Waals surface area (Å²) in [5.74, 6) is 0.0146. The summed E-state index contributed by atoms with van der Waals surface area (Å²) < 4.78 is 52.2. The zero-order valence-electron chi connectivity index (χ0n) is 18.6. The first-order valence-corrected chi connectivity index (χ1v) is 12.0. The fourth-order valence-electron chi connectivity index (χ4n) is 3.80. The van der Waals surface area contributed by atoms with Gasteiger partial charge in [-0.15, -0.1) is 0 Å². The summed E-state index contributed by atoms with van der Waals surface area (Å²) >= 11 is 0. The van der Waals surface area contributed by atoms with Gasteiger partial charge in [0.05, 0.1) is 24.7 Å². The number of carbonyl (C=O) groups is 1. The number of piperidine rings is 1. The Morgan fingerprint density at radius 3 is 2.59 bits per heavy atom. The fourth-order valence-corrected chi connectivity index (χ4v) is 5.43. The van der Waals surface area contributed by atoms with Gasteiger partial charge in [0.15, 0.2) is 11.5 Å². The summed E-state index contributed by atoms with van der Waals surface area (Å²) in [6, 6.07) is 8.79. The van der Waals surface area contributed by atoms with Crippen molar-refractivity contribution in [3.8, 4) is 11.5 Å². The summed E-state index contributed by atoms with van der Waals surface area (Å²) in [4.78, 5) is 12.5. The monoisotopic (exact) mass is 464 g/mol. The van der Waals surface area contributed by atoms with Crippen molar-refractivity contribution in [2.75, 3.05) is 33.9 Å². The number of rotatable bonds is 8. The van der Waals surface area contributed by atoms with Crippen molar-refractivity contribution < 1.29 is 27.1 Å². The molecule has 1 fully saturated rings. The molecule has 1 aliphatic rings. The number of hydrogen-bond donors (Lipinski definition) is 1. The molecule has 0 aliphatic carbocycles. The fraction of sp³-hybridized carbons (Fsp3) is 0.435. The number of sulfonamides is 1. The van der Waals surface area contributed by atoms with Crippen LogP contribution in [0.25, 0.3) is 0 Å². The van der Waals surface area contributed by atoms with Crippen molar-refractivity contribution >= 4 is 15.9 Å². The highest BCUT2D eigenvalue weighted by atomic mass is 32.2. The van der Waals surface area contributed by atoms with Crippen LogP contribution in [-0.4, -0.2) is 52.5 Å². The van der Waals surface area contributed by atoms with Gasteiger partial charge in [-0.2, -0.15) is 4.31 Å². The number of nitrogens with one attached hydrogen (secondary N) is 1. The van der Waals surface area contributed by atoms with E-state index in [2.05, 4.69) is 5.32 Å². The Hall–Kier alpha value is -2.65. The quantitative estimate of drug-likeness (QED) is 0.648. The summed E-state index contributed by atoms with van der Waals surface area (Å²) in [5.41, 5.74) is 0.613. The molecule has 7 nitrogen and oxygen atoms in total. The largest absolute Gasteiger partial charge is 0.493 e. The lowest BCUT2D eigenvalue weighted by Crippen LogP contribution is -2.39. The second-order valence-corrected chi connectivity index (χ2v) is 9.89. The highest BCUT2D eigenvalue weighted by Gasteiger charge is 2.29. The second-order valence-electron chi connectivity index (χ2n) is 7.95. The van der Waals surface area contributed by atoms with Crippen molar-refractivity contribution in [1.29, 1.82) is 0 Å². The molecule has 1 saturated heterocycles. The number of methoxy groups -OCH3 is 2. The Bertz CT molecular complexity index is 1070. The maximum atomic E-state index is 14.3. The number of halogens is 1. The Labute approximate surface area is 188 Å². The number of carbonyl (C=O) groups excluding carboxylic acids is 1. The lowest BCUT2D eigenvalue weighted by molar-refractivity contribution is 0.0950. The topological polar surface area (TPSA) is 84.9 Å². The van der Waals surface area contributed by atoms with Gasteiger partial charge in [0.2, 0.25) is 10.0 Å². The Morgan fingerprint density at radius 2 is 1.91 bits per heavy atom. The molecule has 32 heavy (non-hydrogen) atoms. The number of hydrogen-bond acceptors (Lipinski definition) is 5. The molecule has 0 radical (unpaired) electrons. The van der Waals surface area contributed by atoms with Gasteiger partial charge in [-0.1, -0.05) is 13.0 Å². The smallest absolute Gasteiger partial charge is 0.254 e. The molecule has 0 bridgehead atoms. The molecule has 2 aromatic carbocycles. The van der Waals surface area contributed by atoms with Crippen LogP contribution in [0.1, 0.15) is 35.7 Å². The lowest BCUT2D eigenvalue weighted by atomic mass is 10.0. The zero-order chi connectivity index (χ0) is 23.3. The van der Waals surface area contributed by atoms with Gasteiger partial charge in [0, 0.05) is 19.6 Å². The highest BCUT2D eigenvalue weighted by molar-refractivity contribution is 7.89. The van der Waals surface area contributed by atoms with Crippen LogP contribution in [0, 0.1) is 11.7 Å². The standard InChI is InChI=1S/C23H29FN2O5S/c1-16-5-4-12-26(15-16)32(28,29)18-7-8-20(24)19(14-18)23(27)25-11-10-17-6-9-21(30-2)22(13-17)31-3/h6-9,13-14,16H,4-5,10-12,15H2,1-3H3,(H,25,27). The minimum atomic E-state index is -3.78. The Balaban J connectivity index is 1.69. The van der Waals surface area contributed by atoms with E-state index in [1.807, 2.05) is 13.0 Å². The molecule has 174 valence electrons. The molecule has 3 rings (SSSR count). The van der Waals surface area contributed by atoms with Crippen LogP contribution in [0.2, 0.25) is 0 Å². The number of benzene rings is 2. The van der Waals surface area contributed by atoms with Crippen molar-refractivity contribution in [3.63, 3.8) is 0 Å². The van der Waals surface area contributed by atoms with Gasteiger partial charge < -0.3 is 14.8 Å². The van der Waals surface area contributed by atoms with Gasteiger partial charge in [-0.05, 0) is 61.1 Å². The van der Waals surface area contributed by atoms with Crippen LogP contribution < -0.4 is 14.8 Å². The molecule has 2 aromatic rings. The molecule has 0 spiro atoms.